The SMILES string of the molecule is Cn1cc(C[C@H](NC(=O)OC(C)(C)C)C(=O)Nc2ccc3nc[nH]c3c2)c2ccccc21. The van der Waals surface area contributed by atoms with Gasteiger partial charge in [-0.15, -0.1) is 0 Å². The molecule has 4 aromatic rings. The van der Waals surface area contributed by atoms with Crippen molar-refractivity contribution in [2.45, 2.75) is 38.8 Å². The normalized spacial score (nSPS) is 12.6. The minimum atomic E-state index is -0.826. The van der Waals surface area contributed by atoms with Gasteiger partial charge in [0.15, 0.2) is 0 Å². The Morgan fingerprint density at radius 1 is 1.19 bits per heavy atom. The molecule has 0 fully saturated rings. The molecule has 1 atom stereocenters. The number of fused-ring (bicyclic) bond motifs is 2. The van der Waals surface area contributed by atoms with Gasteiger partial charge in [0.25, 0.3) is 0 Å². The first-order valence-electron chi connectivity index (χ1n) is 10.5. The number of aromatic nitrogens is 3. The number of carbonyl (C=O) groups excluding carboxylic acids is 2. The van der Waals surface area contributed by atoms with E-state index in [0.717, 1.165) is 27.5 Å². The number of H-pyrrole nitrogens is 1. The zero-order chi connectivity index (χ0) is 22.9. The Bertz CT molecular complexity index is 1280. The minimum Gasteiger partial charge on any atom is -0.444 e. The molecule has 0 unspecified atom stereocenters. The lowest BCUT2D eigenvalue weighted by Crippen LogP contribution is -2.47. The van der Waals surface area contributed by atoms with Gasteiger partial charge in [0.1, 0.15) is 11.6 Å². The van der Waals surface area contributed by atoms with Gasteiger partial charge in [0, 0.05) is 36.3 Å². The van der Waals surface area contributed by atoms with Crippen LogP contribution in [0.25, 0.3) is 21.9 Å². The second-order valence-electron chi connectivity index (χ2n) is 8.81. The van der Waals surface area contributed by atoms with E-state index >= 15 is 0 Å². The molecular weight excluding hydrogens is 406 g/mol. The number of nitrogens with one attached hydrogen (secondary N) is 3. The van der Waals surface area contributed by atoms with Gasteiger partial charge in [-0.1, -0.05) is 18.2 Å². The van der Waals surface area contributed by atoms with Crippen LogP contribution in [0.3, 0.4) is 0 Å². The van der Waals surface area contributed by atoms with E-state index in [0.29, 0.717) is 12.1 Å². The van der Waals surface area contributed by atoms with E-state index in [9.17, 15) is 9.59 Å². The summed E-state index contributed by atoms with van der Waals surface area (Å²) in [6.45, 7) is 5.35. The Morgan fingerprint density at radius 3 is 2.75 bits per heavy atom. The van der Waals surface area contributed by atoms with Crippen molar-refractivity contribution in [2.24, 2.45) is 7.05 Å². The summed E-state index contributed by atoms with van der Waals surface area (Å²) in [6, 6.07) is 12.6. The molecule has 8 nitrogen and oxygen atoms in total. The zero-order valence-corrected chi connectivity index (χ0v) is 18.6. The number of benzene rings is 2. The van der Waals surface area contributed by atoms with Crippen molar-refractivity contribution in [3.05, 3.63) is 60.6 Å². The van der Waals surface area contributed by atoms with E-state index in [1.807, 2.05) is 54.2 Å². The van der Waals surface area contributed by atoms with Crippen molar-refractivity contribution in [1.29, 1.82) is 0 Å². The fraction of sp³-hybridized carbons (Fsp3) is 0.292. The Morgan fingerprint density at radius 2 is 1.97 bits per heavy atom. The summed E-state index contributed by atoms with van der Waals surface area (Å²) in [6.07, 6.45) is 3.27. The first-order valence-corrected chi connectivity index (χ1v) is 10.5. The maximum atomic E-state index is 13.2. The van der Waals surface area contributed by atoms with Crippen molar-refractivity contribution >= 4 is 39.6 Å². The number of rotatable bonds is 5. The minimum absolute atomic E-state index is 0.318. The summed E-state index contributed by atoms with van der Waals surface area (Å²) >= 11 is 0. The van der Waals surface area contributed by atoms with Gasteiger partial charge >= 0.3 is 6.09 Å². The first-order chi connectivity index (χ1) is 15.2. The molecule has 2 amide bonds. The fourth-order valence-electron chi connectivity index (χ4n) is 3.71. The molecule has 3 N–H and O–H groups in total. The summed E-state index contributed by atoms with van der Waals surface area (Å²) < 4.78 is 7.41. The van der Waals surface area contributed by atoms with Gasteiger partial charge in [-0.2, -0.15) is 0 Å². The van der Waals surface area contributed by atoms with E-state index in [4.69, 9.17) is 4.74 Å². The van der Waals surface area contributed by atoms with E-state index in [-0.39, 0.29) is 5.91 Å². The van der Waals surface area contributed by atoms with Crippen molar-refractivity contribution in [3.63, 3.8) is 0 Å². The lowest BCUT2D eigenvalue weighted by Gasteiger charge is -2.23. The monoisotopic (exact) mass is 433 g/mol. The molecule has 0 radical (unpaired) electrons. The first kappa shape index (κ1) is 21.4. The quantitative estimate of drug-likeness (QED) is 0.440. The Hall–Kier alpha value is -3.81. The smallest absolute Gasteiger partial charge is 0.408 e. The van der Waals surface area contributed by atoms with Gasteiger partial charge in [-0.3, -0.25) is 4.79 Å². The maximum absolute atomic E-state index is 13.2. The van der Waals surface area contributed by atoms with Crippen LogP contribution in [0.5, 0.6) is 0 Å². The lowest BCUT2D eigenvalue weighted by molar-refractivity contribution is -0.118. The highest BCUT2D eigenvalue weighted by atomic mass is 16.6. The maximum Gasteiger partial charge on any atom is 0.408 e. The van der Waals surface area contributed by atoms with Crippen LogP contribution >= 0.6 is 0 Å². The van der Waals surface area contributed by atoms with E-state index < -0.39 is 17.7 Å². The van der Waals surface area contributed by atoms with Crippen LogP contribution in [-0.2, 0) is 23.0 Å². The number of carbonyl (C=O) groups is 2. The van der Waals surface area contributed by atoms with Crippen LogP contribution in [0, 0.1) is 0 Å². The molecule has 32 heavy (non-hydrogen) atoms. The summed E-state index contributed by atoms with van der Waals surface area (Å²) in [5, 5.41) is 6.69. The predicted molar refractivity (Wildman–Crippen MR) is 125 cm³/mol. The average molecular weight is 434 g/mol. The third kappa shape index (κ3) is 4.74. The molecule has 8 heteroatoms. The van der Waals surface area contributed by atoms with Crippen LogP contribution in [0.2, 0.25) is 0 Å². The number of hydrogen-bond donors (Lipinski definition) is 3. The number of anilines is 1. The van der Waals surface area contributed by atoms with Crippen molar-refractivity contribution in [3.8, 4) is 0 Å². The molecule has 2 heterocycles. The summed E-state index contributed by atoms with van der Waals surface area (Å²) in [7, 11) is 1.96. The highest BCUT2D eigenvalue weighted by Gasteiger charge is 2.26. The van der Waals surface area contributed by atoms with Crippen LogP contribution in [0.15, 0.2) is 55.0 Å². The molecule has 0 aliphatic heterocycles. The van der Waals surface area contributed by atoms with Crippen LogP contribution < -0.4 is 10.6 Å². The molecule has 0 aliphatic carbocycles. The fourth-order valence-corrected chi connectivity index (χ4v) is 3.71. The van der Waals surface area contributed by atoms with Crippen LogP contribution in [0.4, 0.5) is 10.5 Å². The summed E-state index contributed by atoms with van der Waals surface area (Å²) in [5.74, 6) is -0.331. The van der Waals surface area contributed by atoms with Gasteiger partial charge in [-0.25, -0.2) is 9.78 Å². The van der Waals surface area contributed by atoms with Gasteiger partial charge in [0.05, 0.1) is 17.4 Å². The van der Waals surface area contributed by atoms with E-state index in [1.54, 1.807) is 33.2 Å². The van der Waals surface area contributed by atoms with Crippen molar-refractivity contribution in [1.82, 2.24) is 19.9 Å². The molecule has 4 rings (SSSR count). The standard InChI is InChI=1S/C24H27N5O3/c1-24(2,3)32-23(31)28-20(11-15-13-29(4)21-8-6-5-7-17(15)21)22(30)27-16-9-10-18-19(12-16)26-14-25-18/h5-10,12-14,20H,11H2,1-4H3,(H,25,26)(H,27,30)(H,28,31)/t20-/m0/s1. The van der Waals surface area contributed by atoms with Gasteiger partial charge in [-0.05, 0) is 50.6 Å². The molecule has 0 bridgehead atoms. The molecule has 0 saturated heterocycles. The van der Waals surface area contributed by atoms with Crippen molar-refractivity contribution in [2.75, 3.05) is 5.32 Å². The molecular formula is C24H27N5O3. The third-order valence-electron chi connectivity index (χ3n) is 5.10. The van der Waals surface area contributed by atoms with Gasteiger partial charge in [0.2, 0.25) is 5.91 Å². The summed E-state index contributed by atoms with van der Waals surface area (Å²) in [4.78, 5) is 32.9. The number of amides is 2. The molecule has 0 saturated carbocycles. The Labute approximate surface area is 186 Å². The van der Waals surface area contributed by atoms with Gasteiger partial charge < -0.3 is 24.9 Å². The number of nitrogens with zero attached hydrogens (tertiary/aromatic N) is 2. The third-order valence-corrected chi connectivity index (χ3v) is 5.10. The Kier molecular flexibility index (Phi) is 5.61. The number of para-hydroxylation sites is 1. The number of imidazole rings is 1. The number of aromatic amines is 1. The highest BCUT2D eigenvalue weighted by molar-refractivity contribution is 5.98. The predicted octanol–water partition coefficient (Wildman–Crippen LogP) is 4.13. The van der Waals surface area contributed by atoms with E-state index in [1.165, 1.54) is 0 Å². The van der Waals surface area contributed by atoms with E-state index in [2.05, 4.69) is 20.6 Å². The Balaban J connectivity index is 1.59. The van der Waals surface area contributed by atoms with Crippen LogP contribution in [0.1, 0.15) is 26.3 Å². The van der Waals surface area contributed by atoms with Crippen LogP contribution in [-0.4, -0.2) is 38.2 Å². The molecule has 2 aromatic carbocycles. The lowest BCUT2D eigenvalue weighted by atomic mass is 10.0. The second-order valence-corrected chi connectivity index (χ2v) is 8.81. The largest absolute Gasteiger partial charge is 0.444 e. The number of aryl methyl sites for hydroxylation is 1. The number of ether oxygens (including phenoxy) is 1. The molecule has 0 spiro atoms. The number of alkyl carbamates (subject to hydrolysis) is 1. The highest BCUT2D eigenvalue weighted by Crippen LogP contribution is 2.22. The van der Waals surface area contributed by atoms with Crippen molar-refractivity contribution < 1.29 is 14.3 Å². The molecule has 2 aromatic heterocycles. The topological polar surface area (TPSA) is 101 Å². The molecule has 0 aliphatic rings. The zero-order valence-electron chi connectivity index (χ0n) is 18.6. The number of hydrogen-bond acceptors (Lipinski definition) is 4. The second kappa shape index (κ2) is 8.37. The summed E-state index contributed by atoms with van der Waals surface area (Å²) in [5.41, 5.74) is 3.58. The molecule has 166 valence electrons. The average Bonchev–Trinajstić information content (AvgIpc) is 3.30.